The van der Waals surface area contributed by atoms with Gasteiger partial charge in [0.1, 0.15) is 4.21 Å². The van der Waals surface area contributed by atoms with Gasteiger partial charge in [0, 0.05) is 24.5 Å². The largest absolute Gasteiger partial charge is 0.335 e. The third kappa shape index (κ3) is 3.13. The van der Waals surface area contributed by atoms with Gasteiger partial charge in [-0.2, -0.15) is 4.31 Å². The fourth-order valence-corrected chi connectivity index (χ4v) is 7.58. The highest BCUT2D eigenvalue weighted by atomic mass is 32.2. The number of hydrogen-bond donors (Lipinski definition) is 0. The van der Waals surface area contributed by atoms with Crippen LogP contribution >= 0.6 is 22.7 Å². The maximum absolute atomic E-state index is 13.2. The number of thiophene rings is 2. The zero-order valence-electron chi connectivity index (χ0n) is 14.6. The van der Waals surface area contributed by atoms with E-state index in [2.05, 4.69) is 18.4 Å². The first-order valence-electron chi connectivity index (χ1n) is 8.89. The Morgan fingerprint density at radius 1 is 1.19 bits per heavy atom. The first-order chi connectivity index (χ1) is 12.5. The summed E-state index contributed by atoms with van der Waals surface area (Å²) in [6.07, 6.45) is 2.38. The van der Waals surface area contributed by atoms with Crippen LogP contribution in [0.3, 0.4) is 0 Å². The molecule has 0 bridgehead atoms. The molecule has 0 saturated carbocycles. The van der Waals surface area contributed by atoms with Crippen molar-refractivity contribution in [2.75, 3.05) is 19.6 Å². The van der Waals surface area contributed by atoms with Crippen LogP contribution in [0.15, 0.2) is 33.2 Å². The third-order valence-electron chi connectivity index (χ3n) is 5.38. The van der Waals surface area contributed by atoms with E-state index < -0.39 is 10.0 Å². The molecule has 0 N–H and O–H groups in total. The number of piperidine rings is 1. The zero-order chi connectivity index (χ0) is 18.3. The maximum Gasteiger partial charge on any atom is 0.252 e. The summed E-state index contributed by atoms with van der Waals surface area (Å²) in [6.45, 7) is 3.58. The van der Waals surface area contributed by atoms with Gasteiger partial charge < -0.3 is 4.90 Å². The molecule has 1 fully saturated rings. The number of rotatable bonds is 3. The van der Waals surface area contributed by atoms with Crippen molar-refractivity contribution in [3.05, 3.63) is 39.4 Å². The Morgan fingerprint density at radius 2 is 2.04 bits per heavy atom. The highest BCUT2D eigenvalue weighted by Gasteiger charge is 2.38. The van der Waals surface area contributed by atoms with Gasteiger partial charge >= 0.3 is 0 Å². The topological polar surface area (TPSA) is 57.7 Å². The Balaban J connectivity index is 1.51. The second-order valence-corrected chi connectivity index (χ2v) is 11.0. The second-order valence-electron chi connectivity index (χ2n) is 6.89. The summed E-state index contributed by atoms with van der Waals surface area (Å²) < 4.78 is 27.5. The predicted molar refractivity (Wildman–Crippen MR) is 104 cm³/mol. The molecule has 0 aromatic carbocycles. The average molecular weight is 411 g/mol. The van der Waals surface area contributed by atoms with Crippen LogP contribution in [-0.2, 0) is 21.2 Å². The molecule has 2 aromatic heterocycles. The van der Waals surface area contributed by atoms with E-state index in [4.69, 9.17) is 0 Å². The molecule has 0 aliphatic carbocycles. The van der Waals surface area contributed by atoms with Crippen molar-refractivity contribution >= 4 is 38.6 Å². The molecule has 1 saturated heterocycles. The lowest BCUT2D eigenvalue weighted by atomic mass is 9.94. The van der Waals surface area contributed by atoms with Gasteiger partial charge in [0.15, 0.2) is 0 Å². The van der Waals surface area contributed by atoms with Crippen LogP contribution in [0.25, 0.3) is 0 Å². The van der Waals surface area contributed by atoms with Crippen molar-refractivity contribution in [2.24, 2.45) is 5.92 Å². The molecule has 2 aliphatic heterocycles. The summed E-state index contributed by atoms with van der Waals surface area (Å²) >= 11 is 2.99. The minimum Gasteiger partial charge on any atom is -0.335 e. The Kier molecular flexibility index (Phi) is 4.94. The van der Waals surface area contributed by atoms with Crippen LogP contribution in [0, 0.1) is 5.92 Å². The minimum absolute atomic E-state index is 0.0711. The summed E-state index contributed by atoms with van der Waals surface area (Å²) in [7, 11) is -3.49. The van der Waals surface area contributed by atoms with Gasteiger partial charge in [-0.15, -0.1) is 22.7 Å². The molecule has 1 amide bonds. The van der Waals surface area contributed by atoms with Crippen LogP contribution in [0.4, 0.5) is 0 Å². The first kappa shape index (κ1) is 18.2. The van der Waals surface area contributed by atoms with Crippen LogP contribution in [0.2, 0.25) is 0 Å². The molecule has 2 aromatic rings. The van der Waals surface area contributed by atoms with Gasteiger partial charge in [0.2, 0.25) is 5.91 Å². The summed E-state index contributed by atoms with van der Waals surface area (Å²) in [6, 6.07) is 5.56. The highest BCUT2D eigenvalue weighted by molar-refractivity contribution is 7.91. The third-order valence-corrected chi connectivity index (χ3v) is 9.62. The maximum atomic E-state index is 13.2. The van der Waals surface area contributed by atoms with Gasteiger partial charge in [0.25, 0.3) is 10.0 Å². The number of fused-ring (bicyclic) bond motifs is 1. The molecule has 0 spiro atoms. The van der Waals surface area contributed by atoms with Crippen LogP contribution in [-0.4, -0.2) is 43.2 Å². The molecule has 140 valence electrons. The molecule has 8 heteroatoms. The molecule has 26 heavy (non-hydrogen) atoms. The average Bonchev–Trinajstić information content (AvgIpc) is 3.34. The number of hydrogen-bond acceptors (Lipinski definition) is 5. The fourth-order valence-electron chi connectivity index (χ4n) is 3.94. The van der Waals surface area contributed by atoms with Gasteiger partial charge in [-0.3, -0.25) is 4.79 Å². The predicted octanol–water partition coefficient (Wildman–Crippen LogP) is 3.36. The summed E-state index contributed by atoms with van der Waals surface area (Å²) in [5.74, 6) is -0.151. The molecule has 4 rings (SSSR count). The summed E-state index contributed by atoms with van der Waals surface area (Å²) in [5, 5.41) is 3.86. The lowest BCUT2D eigenvalue weighted by Crippen LogP contribution is -2.48. The number of sulfonamides is 1. The lowest BCUT2D eigenvalue weighted by Gasteiger charge is -2.38. The van der Waals surface area contributed by atoms with E-state index in [1.54, 1.807) is 28.8 Å². The molecule has 0 radical (unpaired) electrons. The Hall–Kier alpha value is -1.22. The smallest absolute Gasteiger partial charge is 0.252 e. The van der Waals surface area contributed by atoms with E-state index in [1.165, 1.54) is 26.1 Å². The zero-order valence-corrected chi connectivity index (χ0v) is 17.1. The van der Waals surface area contributed by atoms with Crippen LogP contribution < -0.4 is 0 Å². The van der Waals surface area contributed by atoms with Crippen molar-refractivity contribution in [3.8, 4) is 0 Å². The van der Waals surface area contributed by atoms with Crippen molar-refractivity contribution in [3.63, 3.8) is 0 Å². The summed E-state index contributed by atoms with van der Waals surface area (Å²) in [5.41, 5.74) is 1.24. The van der Waals surface area contributed by atoms with E-state index in [-0.39, 0.29) is 17.9 Å². The first-order valence-corrected chi connectivity index (χ1v) is 12.1. The second kappa shape index (κ2) is 7.07. The van der Waals surface area contributed by atoms with Crippen molar-refractivity contribution < 1.29 is 13.2 Å². The SMILES string of the molecule is C[C@H]1c2ccsc2CCN1C(=O)[C@H]1CCCN(S(=O)(=O)c2cccs2)C1. The Morgan fingerprint density at radius 3 is 2.81 bits per heavy atom. The van der Waals surface area contributed by atoms with E-state index in [0.717, 1.165) is 25.8 Å². The lowest BCUT2D eigenvalue weighted by molar-refractivity contribution is -0.139. The van der Waals surface area contributed by atoms with Gasteiger partial charge in [-0.1, -0.05) is 6.07 Å². The molecule has 5 nitrogen and oxygen atoms in total. The fraction of sp³-hybridized carbons (Fsp3) is 0.500. The van der Waals surface area contributed by atoms with Crippen molar-refractivity contribution in [1.82, 2.24) is 9.21 Å². The molecular formula is C18H22N2O3S3. The number of carbonyl (C=O) groups excluding carboxylic acids is 1. The molecule has 2 atom stereocenters. The molecule has 2 aliphatic rings. The van der Waals surface area contributed by atoms with Gasteiger partial charge in [-0.25, -0.2) is 8.42 Å². The normalized spacial score (nSPS) is 24.4. The van der Waals surface area contributed by atoms with Crippen LogP contribution in [0.1, 0.15) is 36.2 Å². The van der Waals surface area contributed by atoms with Gasteiger partial charge in [-0.05, 0) is 54.6 Å². The summed E-state index contributed by atoms with van der Waals surface area (Å²) in [4.78, 5) is 16.5. The Labute approximate surface area is 162 Å². The van der Waals surface area contributed by atoms with E-state index in [9.17, 15) is 13.2 Å². The highest BCUT2D eigenvalue weighted by Crippen LogP contribution is 2.35. The number of carbonyl (C=O) groups is 1. The Bertz CT molecular complexity index is 889. The standard InChI is InChI=1S/C18H22N2O3S3/c1-13-15-7-11-24-16(15)6-9-20(13)18(21)14-4-2-8-19(12-14)26(22,23)17-5-3-10-25-17/h3,5,7,10-11,13-14H,2,4,6,8-9,12H2,1H3/t13-,14-/m0/s1. The monoisotopic (exact) mass is 410 g/mol. The van der Waals surface area contributed by atoms with Gasteiger partial charge in [0.05, 0.1) is 12.0 Å². The van der Waals surface area contributed by atoms with Crippen LogP contribution in [0.5, 0.6) is 0 Å². The van der Waals surface area contributed by atoms with E-state index >= 15 is 0 Å². The number of nitrogens with zero attached hydrogens (tertiary/aromatic N) is 2. The quantitative estimate of drug-likeness (QED) is 0.780. The van der Waals surface area contributed by atoms with Crippen molar-refractivity contribution in [1.29, 1.82) is 0 Å². The molecule has 0 unspecified atom stereocenters. The molecule has 4 heterocycles. The van der Waals surface area contributed by atoms with E-state index in [1.807, 2.05) is 4.90 Å². The number of amides is 1. The minimum atomic E-state index is -3.49. The molecular weight excluding hydrogens is 388 g/mol. The van der Waals surface area contributed by atoms with Crippen molar-refractivity contribution in [2.45, 2.75) is 36.4 Å². The van der Waals surface area contributed by atoms with E-state index in [0.29, 0.717) is 17.3 Å².